The second kappa shape index (κ2) is 20.9. The minimum absolute atomic E-state index is 0.0176. The largest absolute Gasteiger partial charge is 0.481 e. The maximum Gasteiger partial charge on any atom is 0.326 e. The van der Waals surface area contributed by atoms with Gasteiger partial charge in [0.1, 0.15) is 6.04 Å². The van der Waals surface area contributed by atoms with E-state index in [9.17, 15) is 24.0 Å². The molecule has 0 aromatic carbocycles. The van der Waals surface area contributed by atoms with Crippen LogP contribution in [0.5, 0.6) is 0 Å². The highest BCUT2D eigenvalue weighted by Crippen LogP contribution is 2.07. The highest BCUT2D eigenvalue weighted by atomic mass is 32.2. The first-order valence-corrected chi connectivity index (χ1v) is 12.7. The van der Waals surface area contributed by atoms with E-state index in [4.69, 9.17) is 19.7 Å². The first kappa shape index (κ1) is 32.6. The third-order valence-electron chi connectivity index (χ3n) is 4.40. The Labute approximate surface area is 210 Å². The van der Waals surface area contributed by atoms with E-state index in [2.05, 4.69) is 16.0 Å². The molecule has 0 heterocycles. The summed E-state index contributed by atoms with van der Waals surface area (Å²) in [6.45, 7) is 6.18. The summed E-state index contributed by atoms with van der Waals surface area (Å²) >= 11 is 1.58. The third-order valence-corrected chi connectivity index (χ3v) is 5.50. The van der Waals surface area contributed by atoms with Crippen molar-refractivity contribution in [1.29, 1.82) is 0 Å². The number of ether oxygens (including phenoxy) is 2. The topological polar surface area (TPSA) is 180 Å². The molecule has 0 aliphatic carbocycles. The molecule has 0 aromatic rings. The number of unbranched alkanes of at least 4 members (excludes halogenated alkanes) is 1. The van der Waals surface area contributed by atoms with E-state index in [0.717, 1.165) is 0 Å². The van der Waals surface area contributed by atoms with Crippen LogP contribution in [0.1, 0.15) is 52.4 Å². The second-order valence-electron chi connectivity index (χ2n) is 7.88. The fourth-order valence-corrected chi connectivity index (χ4v) is 3.16. The van der Waals surface area contributed by atoms with Crippen molar-refractivity contribution in [2.45, 2.75) is 63.7 Å². The van der Waals surface area contributed by atoms with Crippen LogP contribution in [0, 0.1) is 0 Å². The molecule has 0 rings (SSSR count). The summed E-state index contributed by atoms with van der Waals surface area (Å²) in [5.41, 5.74) is 0. The van der Waals surface area contributed by atoms with Crippen LogP contribution >= 0.6 is 11.8 Å². The van der Waals surface area contributed by atoms with E-state index < -0.39 is 23.9 Å². The van der Waals surface area contributed by atoms with Crippen molar-refractivity contribution in [3.63, 3.8) is 0 Å². The van der Waals surface area contributed by atoms with Gasteiger partial charge in [-0.1, -0.05) is 13.8 Å². The fourth-order valence-electron chi connectivity index (χ4n) is 2.58. The zero-order valence-electron chi connectivity index (χ0n) is 20.5. The SMILES string of the molecule is CC(C)SCC(=O)NCCOCCOCCC(=O)NCCCC[C@H](NC(=O)CCC(=O)O)C(=O)O. The van der Waals surface area contributed by atoms with E-state index >= 15 is 0 Å². The van der Waals surface area contributed by atoms with Crippen molar-refractivity contribution in [3.05, 3.63) is 0 Å². The van der Waals surface area contributed by atoms with Gasteiger partial charge in [-0.05, 0) is 24.5 Å². The Morgan fingerprint density at radius 2 is 1.43 bits per heavy atom. The zero-order valence-corrected chi connectivity index (χ0v) is 21.3. The molecule has 12 nitrogen and oxygen atoms in total. The lowest BCUT2D eigenvalue weighted by Crippen LogP contribution is -2.41. The lowest BCUT2D eigenvalue weighted by Gasteiger charge is -2.14. The molecule has 0 aliphatic heterocycles. The Balaban J connectivity index is 3.65. The molecular weight excluding hydrogens is 482 g/mol. The van der Waals surface area contributed by atoms with Crippen molar-refractivity contribution in [2.24, 2.45) is 0 Å². The van der Waals surface area contributed by atoms with Crippen LogP contribution in [0.4, 0.5) is 0 Å². The van der Waals surface area contributed by atoms with E-state index in [1.54, 1.807) is 11.8 Å². The number of nitrogens with one attached hydrogen (secondary N) is 3. The lowest BCUT2D eigenvalue weighted by atomic mass is 10.1. The Kier molecular flexibility index (Phi) is 19.5. The highest BCUT2D eigenvalue weighted by molar-refractivity contribution is 8.00. The first-order valence-electron chi connectivity index (χ1n) is 11.7. The van der Waals surface area contributed by atoms with Gasteiger partial charge >= 0.3 is 11.9 Å². The van der Waals surface area contributed by atoms with Gasteiger partial charge in [-0.2, -0.15) is 0 Å². The fraction of sp³-hybridized carbons (Fsp3) is 0.773. The zero-order chi connectivity index (χ0) is 26.5. The first-order chi connectivity index (χ1) is 16.6. The van der Waals surface area contributed by atoms with Crippen LogP contribution in [0.25, 0.3) is 0 Å². The van der Waals surface area contributed by atoms with Gasteiger partial charge in [0.25, 0.3) is 0 Å². The number of carbonyl (C=O) groups excluding carboxylic acids is 3. The van der Waals surface area contributed by atoms with E-state index in [0.29, 0.717) is 56.8 Å². The predicted molar refractivity (Wildman–Crippen MR) is 130 cm³/mol. The van der Waals surface area contributed by atoms with E-state index in [1.807, 2.05) is 13.8 Å². The predicted octanol–water partition coefficient (Wildman–Crippen LogP) is 0.388. The Morgan fingerprint density at radius 1 is 0.771 bits per heavy atom. The summed E-state index contributed by atoms with van der Waals surface area (Å²) in [5, 5.41) is 25.9. The molecule has 0 fully saturated rings. The number of carboxylic acids is 2. The van der Waals surface area contributed by atoms with Crippen molar-refractivity contribution in [2.75, 3.05) is 45.3 Å². The average molecular weight is 522 g/mol. The van der Waals surface area contributed by atoms with Gasteiger partial charge in [-0.15, -0.1) is 11.8 Å². The number of carbonyl (C=O) groups is 5. The Hall–Kier alpha value is -2.38. The van der Waals surface area contributed by atoms with Gasteiger partial charge in [0.2, 0.25) is 17.7 Å². The number of thioether (sulfide) groups is 1. The number of amides is 3. The molecule has 0 saturated heterocycles. The molecule has 202 valence electrons. The summed E-state index contributed by atoms with van der Waals surface area (Å²) in [6, 6.07) is -1.09. The van der Waals surface area contributed by atoms with Gasteiger partial charge in [-0.3, -0.25) is 19.2 Å². The summed E-state index contributed by atoms with van der Waals surface area (Å²) in [6.07, 6.45) is 0.704. The molecule has 0 bridgehead atoms. The van der Waals surface area contributed by atoms with Crippen LogP contribution in [0.15, 0.2) is 0 Å². The molecule has 5 N–H and O–H groups in total. The molecule has 0 radical (unpaired) electrons. The summed E-state index contributed by atoms with van der Waals surface area (Å²) in [4.78, 5) is 56.6. The summed E-state index contributed by atoms with van der Waals surface area (Å²) in [7, 11) is 0. The lowest BCUT2D eigenvalue weighted by molar-refractivity contribution is -0.142. The molecule has 1 atom stereocenters. The van der Waals surface area contributed by atoms with E-state index in [1.165, 1.54) is 0 Å². The molecule has 35 heavy (non-hydrogen) atoms. The normalized spacial score (nSPS) is 11.6. The monoisotopic (exact) mass is 521 g/mol. The van der Waals surface area contributed by atoms with Gasteiger partial charge in [0, 0.05) is 25.9 Å². The molecular formula is C22H39N3O9S. The molecule has 0 unspecified atom stereocenters. The van der Waals surface area contributed by atoms with Crippen LogP contribution in [-0.4, -0.2) is 96.4 Å². The van der Waals surface area contributed by atoms with Crippen molar-refractivity contribution in [1.82, 2.24) is 16.0 Å². The average Bonchev–Trinajstić information content (AvgIpc) is 2.79. The number of aliphatic carboxylic acids is 2. The molecule has 13 heteroatoms. The summed E-state index contributed by atoms with van der Waals surface area (Å²) in [5.74, 6) is -2.72. The van der Waals surface area contributed by atoms with Crippen LogP contribution in [0.2, 0.25) is 0 Å². The van der Waals surface area contributed by atoms with E-state index in [-0.39, 0.29) is 44.1 Å². The number of hydrogen-bond acceptors (Lipinski definition) is 8. The van der Waals surface area contributed by atoms with Gasteiger partial charge < -0.3 is 35.6 Å². The molecule has 0 aliphatic rings. The highest BCUT2D eigenvalue weighted by Gasteiger charge is 2.19. The van der Waals surface area contributed by atoms with Crippen molar-refractivity contribution < 1.29 is 43.7 Å². The van der Waals surface area contributed by atoms with Crippen molar-refractivity contribution >= 4 is 41.4 Å². The maximum absolute atomic E-state index is 11.8. The minimum atomic E-state index is -1.19. The molecule has 0 aromatic heterocycles. The molecule has 0 saturated carbocycles. The Bertz CT molecular complexity index is 662. The van der Waals surface area contributed by atoms with Crippen LogP contribution in [-0.2, 0) is 33.4 Å². The standard InChI is InChI=1S/C22H39N3O9S/c1-16(2)35-15-20(28)24-10-12-34-14-13-33-11-8-18(26)23-9-4-3-5-17(22(31)32)25-19(27)6-7-21(29)30/h16-17H,3-15H2,1-2H3,(H,23,26)(H,24,28)(H,25,27)(H,29,30)(H,31,32)/t17-/m0/s1. The second-order valence-corrected chi connectivity index (χ2v) is 9.45. The van der Waals surface area contributed by atoms with Gasteiger partial charge in [-0.25, -0.2) is 4.79 Å². The quantitative estimate of drug-likeness (QED) is 0.125. The van der Waals surface area contributed by atoms with Crippen LogP contribution < -0.4 is 16.0 Å². The van der Waals surface area contributed by atoms with Crippen molar-refractivity contribution in [3.8, 4) is 0 Å². The van der Waals surface area contributed by atoms with Gasteiger partial charge in [0.05, 0.1) is 38.6 Å². The molecule has 0 spiro atoms. The summed E-state index contributed by atoms with van der Waals surface area (Å²) < 4.78 is 10.7. The number of hydrogen-bond donors (Lipinski definition) is 5. The number of rotatable bonds is 22. The number of carboxylic acid groups (broad SMARTS) is 2. The third kappa shape index (κ3) is 21.9. The smallest absolute Gasteiger partial charge is 0.326 e. The minimum Gasteiger partial charge on any atom is -0.481 e. The van der Waals surface area contributed by atoms with Gasteiger partial charge in [0.15, 0.2) is 0 Å². The molecule has 3 amide bonds. The van der Waals surface area contributed by atoms with Crippen LogP contribution in [0.3, 0.4) is 0 Å². The Morgan fingerprint density at radius 3 is 2.06 bits per heavy atom. The maximum atomic E-state index is 11.8.